The third-order valence-electron chi connectivity index (χ3n) is 4.45. The number of anilines is 2. The van der Waals surface area contributed by atoms with Crippen LogP contribution in [0.25, 0.3) is 0 Å². The van der Waals surface area contributed by atoms with Crippen LogP contribution in [0.2, 0.25) is 0 Å². The van der Waals surface area contributed by atoms with Gasteiger partial charge in [0.1, 0.15) is 5.75 Å². The maximum atomic E-state index is 12.7. The van der Waals surface area contributed by atoms with Gasteiger partial charge in [0.05, 0.1) is 5.69 Å². The Hall–Kier alpha value is -3.60. The van der Waals surface area contributed by atoms with E-state index >= 15 is 0 Å². The molecule has 0 atom stereocenters. The van der Waals surface area contributed by atoms with Crippen molar-refractivity contribution in [3.8, 4) is 11.5 Å². The van der Waals surface area contributed by atoms with E-state index in [-0.39, 0.29) is 17.7 Å². The minimum Gasteiger partial charge on any atom is -0.455 e. The van der Waals surface area contributed by atoms with E-state index in [4.69, 9.17) is 4.74 Å². The van der Waals surface area contributed by atoms with Gasteiger partial charge in [-0.15, -0.1) is 0 Å². The first-order valence-electron chi connectivity index (χ1n) is 9.23. The molecule has 0 radical (unpaired) electrons. The van der Waals surface area contributed by atoms with Crippen LogP contribution in [0.3, 0.4) is 0 Å². The number of amides is 2. The summed E-state index contributed by atoms with van der Waals surface area (Å²) in [6.45, 7) is 0. The molecule has 4 rings (SSSR count). The first-order chi connectivity index (χ1) is 13.7. The number of para-hydroxylation sites is 3. The second-order valence-corrected chi connectivity index (χ2v) is 6.71. The summed E-state index contributed by atoms with van der Waals surface area (Å²) in [6, 6.07) is 23.6. The molecule has 0 bridgehead atoms. The van der Waals surface area contributed by atoms with Crippen molar-refractivity contribution in [1.29, 1.82) is 0 Å². The highest BCUT2D eigenvalue weighted by atomic mass is 16.5. The summed E-state index contributed by atoms with van der Waals surface area (Å²) in [4.78, 5) is 24.7. The van der Waals surface area contributed by atoms with Gasteiger partial charge in [-0.1, -0.05) is 36.4 Å². The fraction of sp³-hybridized carbons (Fsp3) is 0.130. The number of hydrogen-bond donors (Lipinski definition) is 2. The normalized spacial score (nSPS) is 12.9. The molecule has 1 fully saturated rings. The molecule has 1 aliphatic rings. The van der Waals surface area contributed by atoms with E-state index in [2.05, 4.69) is 10.6 Å². The fourth-order valence-electron chi connectivity index (χ4n) is 2.80. The molecule has 0 aromatic heterocycles. The topological polar surface area (TPSA) is 67.4 Å². The van der Waals surface area contributed by atoms with Crippen molar-refractivity contribution >= 4 is 23.2 Å². The van der Waals surface area contributed by atoms with Crippen LogP contribution in [-0.4, -0.2) is 11.8 Å². The summed E-state index contributed by atoms with van der Waals surface area (Å²) in [5.74, 6) is 1.10. The smallest absolute Gasteiger partial charge is 0.255 e. The second-order valence-electron chi connectivity index (χ2n) is 6.71. The van der Waals surface area contributed by atoms with Crippen molar-refractivity contribution in [2.75, 3.05) is 10.6 Å². The molecular formula is C23H20N2O3. The summed E-state index contributed by atoms with van der Waals surface area (Å²) in [5, 5.41) is 5.75. The van der Waals surface area contributed by atoms with Gasteiger partial charge in [-0.3, -0.25) is 9.59 Å². The van der Waals surface area contributed by atoms with Gasteiger partial charge >= 0.3 is 0 Å². The lowest BCUT2D eigenvalue weighted by Gasteiger charge is -2.13. The van der Waals surface area contributed by atoms with Crippen molar-refractivity contribution in [1.82, 2.24) is 0 Å². The Balaban J connectivity index is 1.48. The lowest BCUT2D eigenvalue weighted by molar-refractivity contribution is -0.117. The average molecular weight is 372 g/mol. The SMILES string of the molecule is O=C(Nc1ccccc1Oc1ccccc1)c1cccc(NC(=O)C2CC2)c1. The van der Waals surface area contributed by atoms with Crippen LogP contribution in [0.4, 0.5) is 11.4 Å². The molecule has 1 aliphatic carbocycles. The maximum Gasteiger partial charge on any atom is 0.255 e. The monoisotopic (exact) mass is 372 g/mol. The van der Waals surface area contributed by atoms with E-state index in [1.807, 2.05) is 42.5 Å². The minimum atomic E-state index is -0.272. The van der Waals surface area contributed by atoms with E-state index < -0.39 is 0 Å². The van der Waals surface area contributed by atoms with Crippen LogP contribution >= 0.6 is 0 Å². The van der Waals surface area contributed by atoms with Gasteiger partial charge < -0.3 is 15.4 Å². The largest absolute Gasteiger partial charge is 0.455 e. The molecule has 0 unspecified atom stereocenters. The predicted molar refractivity (Wildman–Crippen MR) is 109 cm³/mol. The lowest BCUT2D eigenvalue weighted by atomic mass is 10.1. The van der Waals surface area contributed by atoms with Crippen LogP contribution in [0.1, 0.15) is 23.2 Å². The predicted octanol–water partition coefficient (Wildman–Crippen LogP) is 5.08. The standard InChI is InChI=1S/C23H20N2O3/c26-22(16-13-14-16)24-18-8-6-7-17(15-18)23(27)25-20-11-4-5-12-21(20)28-19-9-2-1-3-10-19/h1-12,15-16H,13-14H2,(H,24,26)(H,25,27). The van der Waals surface area contributed by atoms with Gasteiger partial charge in [0.15, 0.2) is 5.75 Å². The van der Waals surface area contributed by atoms with Gasteiger partial charge in [-0.05, 0) is 55.3 Å². The Morgan fingerprint density at radius 2 is 1.57 bits per heavy atom. The number of carbonyl (C=O) groups excluding carboxylic acids is 2. The average Bonchev–Trinajstić information content (AvgIpc) is 3.56. The molecule has 28 heavy (non-hydrogen) atoms. The maximum absolute atomic E-state index is 12.7. The van der Waals surface area contributed by atoms with Gasteiger partial charge in [0.2, 0.25) is 5.91 Å². The van der Waals surface area contributed by atoms with Crippen molar-refractivity contribution < 1.29 is 14.3 Å². The molecule has 0 heterocycles. The molecule has 0 saturated heterocycles. The molecule has 5 heteroatoms. The van der Waals surface area contributed by atoms with Crippen molar-refractivity contribution in [3.63, 3.8) is 0 Å². The Labute approximate surface area is 163 Å². The first-order valence-corrected chi connectivity index (χ1v) is 9.23. The van der Waals surface area contributed by atoms with Crippen molar-refractivity contribution in [2.45, 2.75) is 12.8 Å². The Morgan fingerprint density at radius 1 is 0.821 bits per heavy atom. The highest BCUT2D eigenvalue weighted by Crippen LogP contribution is 2.31. The number of hydrogen-bond acceptors (Lipinski definition) is 3. The number of nitrogens with one attached hydrogen (secondary N) is 2. The quantitative estimate of drug-likeness (QED) is 0.634. The van der Waals surface area contributed by atoms with Gasteiger partial charge in [0.25, 0.3) is 5.91 Å². The molecule has 1 saturated carbocycles. The summed E-state index contributed by atoms with van der Waals surface area (Å²) in [5.41, 5.74) is 1.66. The lowest BCUT2D eigenvalue weighted by Crippen LogP contribution is -2.15. The summed E-state index contributed by atoms with van der Waals surface area (Å²) < 4.78 is 5.88. The van der Waals surface area contributed by atoms with Crippen molar-refractivity contribution in [3.05, 3.63) is 84.4 Å². The van der Waals surface area contributed by atoms with Crippen LogP contribution < -0.4 is 15.4 Å². The number of benzene rings is 3. The van der Waals surface area contributed by atoms with E-state index in [1.54, 1.807) is 36.4 Å². The third-order valence-corrected chi connectivity index (χ3v) is 4.45. The van der Waals surface area contributed by atoms with Crippen LogP contribution in [0, 0.1) is 5.92 Å². The zero-order chi connectivity index (χ0) is 19.3. The second kappa shape index (κ2) is 7.96. The Kier molecular flexibility index (Phi) is 5.06. The minimum absolute atomic E-state index is 0.0131. The molecular weight excluding hydrogens is 352 g/mol. The van der Waals surface area contributed by atoms with Gasteiger partial charge in [0, 0.05) is 17.2 Å². The summed E-state index contributed by atoms with van der Waals surface area (Å²) in [6.07, 6.45) is 1.87. The van der Waals surface area contributed by atoms with Crippen molar-refractivity contribution in [2.24, 2.45) is 5.92 Å². The van der Waals surface area contributed by atoms with E-state index in [0.717, 1.165) is 12.8 Å². The summed E-state index contributed by atoms with van der Waals surface area (Å²) >= 11 is 0. The molecule has 3 aromatic carbocycles. The highest BCUT2D eigenvalue weighted by molar-refractivity contribution is 6.06. The van der Waals surface area contributed by atoms with Crippen LogP contribution in [0.15, 0.2) is 78.9 Å². The Morgan fingerprint density at radius 3 is 2.36 bits per heavy atom. The molecule has 3 aromatic rings. The molecule has 0 aliphatic heterocycles. The van der Waals surface area contributed by atoms with E-state index in [9.17, 15) is 9.59 Å². The van der Waals surface area contributed by atoms with Gasteiger partial charge in [-0.25, -0.2) is 0 Å². The molecule has 140 valence electrons. The highest BCUT2D eigenvalue weighted by Gasteiger charge is 2.29. The first kappa shape index (κ1) is 17.8. The third kappa shape index (κ3) is 4.38. The number of carbonyl (C=O) groups is 2. The van der Waals surface area contributed by atoms with Gasteiger partial charge in [-0.2, -0.15) is 0 Å². The van der Waals surface area contributed by atoms with Crippen LogP contribution in [0.5, 0.6) is 11.5 Å². The Bertz CT molecular complexity index is 997. The molecule has 5 nitrogen and oxygen atoms in total. The van der Waals surface area contributed by atoms with Crippen LogP contribution in [-0.2, 0) is 4.79 Å². The fourth-order valence-corrected chi connectivity index (χ4v) is 2.80. The number of rotatable bonds is 6. The zero-order valence-electron chi connectivity index (χ0n) is 15.2. The number of ether oxygens (including phenoxy) is 1. The molecule has 2 N–H and O–H groups in total. The van der Waals surface area contributed by atoms with E-state index in [1.165, 1.54) is 0 Å². The van der Waals surface area contributed by atoms with E-state index in [0.29, 0.717) is 28.4 Å². The summed E-state index contributed by atoms with van der Waals surface area (Å²) in [7, 11) is 0. The molecule has 2 amide bonds. The zero-order valence-corrected chi connectivity index (χ0v) is 15.2. The molecule has 0 spiro atoms.